The minimum absolute atomic E-state index is 0.286. The molecule has 146 valence electrons. The Morgan fingerprint density at radius 2 is 2.08 bits per heavy atom. The Kier molecular flexibility index (Phi) is 8.68. The minimum Gasteiger partial charge on any atom is -0.378 e. The van der Waals surface area contributed by atoms with E-state index in [9.17, 15) is 0 Å². The smallest absolute Gasteiger partial charge is 0.191 e. The summed E-state index contributed by atoms with van der Waals surface area (Å²) in [5, 5.41) is 6.78. The Morgan fingerprint density at radius 3 is 2.73 bits per heavy atom. The highest BCUT2D eigenvalue weighted by Gasteiger charge is 2.14. The first-order chi connectivity index (χ1) is 12.6. The van der Waals surface area contributed by atoms with Crippen molar-refractivity contribution in [1.29, 1.82) is 0 Å². The van der Waals surface area contributed by atoms with Gasteiger partial charge in [0.05, 0.1) is 6.10 Å². The molecule has 1 aliphatic rings. The molecule has 1 atom stereocenters. The molecule has 1 aromatic rings. The average molecular weight is 362 g/mol. The molecule has 2 heterocycles. The Morgan fingerprint density at radius 1 is 1.31 bits per heavy atom. The van der Waals surface area contributed by atoms with Crippen molar-refractivity contribution in [3.8, 4) is 0 Å². The zero-order valence-electron chi connectivity index (χ0n) is 16.8. The summed E-state index contributed by atoms with van der Waals surface area (Å²) in [6.07, 6.45) is 5.69. The highest BCUT2D eigenvalue weighted by molar-refractivity contribution is 5.79. The van der Waals surface area contributed by atoms with Gasteiger partial charge in [0.2, 0.25) is 0 Å². The van der Waals surface area contributed by atoms with Crippen molar-refractivity contribution in [2.75, 3.05) is 38.2 Å². The third-order valence-electron chi connectivity index (χ3n) is 4.77. The molecule has 0 amide bonds. The van der Waals surface area contributed by atoms with E-state index in [0.717, 1.165) is 51.0 Å². The van der Waals surface area contributed by atoms with Crippen LogP contribution >= 0.6 is 0 Å². The molecule has 1 unspecified atom stereocenters. The van der Waals surface area contributed by atoms with Gasteiger partial charge < -0.3 is 20.3 Å². The molecule has 0 radical (unpaired) electrons. The molecule has 1 fully saturated rings. The molecule has 2 rings (SSSR count). The summed E-state index contributed by atoms with van der Waals surface area (Å²) in [4.78, 5) is 11.2. The van der Waals surface area contributed by atoms with Crippen LogP contribution in [-0.4, -0.2) is 50.3 Å². The molecule has 6 heteroatoms. The lowest BCUT2D eigenvalue weighted by Crippen LogP contribution is -2.39. The maximum absolute atomic E-state index is 5.80. The van der Waals surface area contributed by atoms with Crippen LogP contribution in [0.1, 0.15) is 45.6 Å². The summed E-state index contributed by atoms with van der Waals surface area (Å²) in [6.45, 7) is 11.0. The number of anilines is 1. The standard InChI is InChI=1S/C20H35N5O/c1-5-26-18(16(2)3)9-11-23-20(21-4)24-15-17-8-10-22-19(14-17)25-12-6-7-13-25/h8,10,14,16,18H,5-7,9,11-13,15H2,1-4H3,(H2,21,23,24). The zero-order valence-corrected chi connectivity index (χ0v) is 16.8. The van der Waals surface area contributed by atoms with E-state index in [-0.39, 0.29) is 6.10 Å². The largest absolute Gasteiger partial charge is 0.378 e. The number of ether oxygens (including phenoxy) is 1. The fourth-order valence-electron chi connectivity index (χ4n) is 3.25. The second kappa shape index (κ2) is 11.0. The van der Waals surface area contributed by atoms with Crippen molar-refractivity contribution in [3.05, 3.63) is 23.9 Å². The topological polar surface area (TPSA) is 61.8 Å². The quantitative estimate of drug-likeness (QED) is 0.523. The normalized spacial score (nSPS) is 16.2. The number of aromatic nitrogens is 1. The molecular weight excluding hydrogens is 326 g/mol. The van der Waals surface area contributed by atoms with E-state index in [1.807, 2.05) is 6.20 Å². The fraction of sp³-hybridized carbons (Fsp3) is 0.700. The van der Waals surface area contributed by atoms with Crippen LogP contribution in [-0.2, 0) is 11.3 Å². The lowest BCUT2D eigenvalue weighted by Gasteiger charge is -2.21. The molecule has 0 spiro atoms. The lowest BCUT2D eigenvalue weighted by molar-refractivity contribution is 0.0258. The predicted molar refractivity (Wildman–Crippen MR) is 109 cm³/mol. The predicted octanol–water partition coefficient (Wildman–Crippen LogP) is 2.80. The molecular formula is C20H35N5O. The molecule has 0 aliphatic carbocycles. The van der Waals surface area contributed by atoms with E-state index < -0.39 is 0 Å². The van der Waals surface area contributed by atoms with Gasteiger partial charge in [0, 0.05) is 46.0 Å². The van der Waals surface area contributed by atoms with Gasteiger partial charge in [-0.05, 0) is 49.8 Å². The highest BCUT2D eigenvalue weighted by atomic mass is 16.5. The van der Waals surface area contributed by atoms with Crippen molar-refractivity contribution >= 4 is 11.8 Å². The van der Waals surface area contributed by atoms with E-state index >= 15 is 0 Å². The molecule has 0 aromatic carbocycles. The first-order valence-electron chi connectivity index (χ1n) is 9.90. The van der Waals surface area contributed by atoms with E-state index in [1.165, 1.54) is 18.4 Å². The Hall–Kier alpha value is -1.82. The van der Waals surface area contributed by atoms with Gasteiger partial charge in [-0.15, -0.1) is 0 Å². The van der Waals surface area contributed by atoms with Gasteiger partial charge in [0.25, 0.3) is 0 Å². The van der Waals surface area contributed by atoms with Crippen molar-refractivity contribution in [1.82, 2.24) is 15.6 Å². The molecule has 1 aromatic heterocycles. The van der Waals surface area contributed by atoms with Crippen molar-refractivity contribution < 1.29 is 4.74 Å². The van der Waals surface area contributed by atoms with Crippen LogP contribution < -0.4 is 15.5 Å². The summed E-state index contributed by atoms with van der Waals surface area (Å²) < 4.78 is 5.80. The summed E-state index contributed by atoms with van der Waals surface area (Å²) in [7, 11) is 1.81. The third kappa shape index (κ3) is 6.48. The SMILES string of the molecule is CCOC(CCNC(=NC)NCc1ccnc(N2CCCC2)c1)C(C)C. The van der Waals surface area contributed by atoms with Gasteiger partial charge in [0.1, 0.15) is 5.82 Å². The second-order valence-corrected chi connectivity index (χ2v) is 7.10. The minimum atomic E-state index is 0.286. The van der Waals surface area contributed by atoms with Crippen molar-refractivity contribution in [3.63, 3.8) is 0 Å². The number of aliphatic imine (C=N–C) groups is 1. The van der Waals surface area contributed by atoms with Crippen LogP contribution in [0, 0.1) is 5.92 Å². The maximum Gasteiger partial charge on any atom is 0.191 e. The number of hydrogen-bond acceptors (Lipinski definition) is 4. The van der Waals surface area contributed by atoms with Gasteiger partial charge in [-0.1, -0.05) is 13.8 Å². The molecule has 0 saturated carbocycles. The van der Waals surface area contributed by atoms with Gasteiger partial charge in [-0.25, -0.2) is 4.98 Å². The average Bonchev–Trinajstić information content (AvgIpc) is 3.18. The van der Waals surface area contributed by atoms with Crippen LogP contribution in [0.15, 0.2) is 23.3 Å². The number of guanidine groups is 1. The maximum atomic E-state index is 5.80. The van der Waals surface area contributed by atoms with E-state index in [4.69, 9.17) is 4.74 Å². The van der Waals surface area contributed by atoms with Gasteiger partial charge in [-0.3, -0.25) is 4.99 Å². The van der Waals surface area contributed by atoms with Crippen molar-refractivity contribution in [2.45, 2.75) is 52.7 Å². The number of nitrogens with one attached hydrogen (secondary N) is 2. The summed E-state index contributed by atoms with van der Waals surface area (Å²) in [5.41, 5.74) is 1.22. The van der Waals surface area contributed by atoms with E-state index in [1.54, 1.807) is 7.05 Å². The first-order valence-corrected chi connectivity index (χ1v) is 9.90. The first kappa shape index (κ1) is 20.5. The molecule has 1 saturated heterocycles. The second-order valence-electron chi connectivity index (χ2n) is 7.10. The lowest BCUT2D eigenvalue weighted by atomic mass is 10.0. The third-order valence-corrected chi connectivity index (χ3v) is 4.77. The van der Waals surface area contributed by atoms with Gasteiger partial charge >= 0.3 is 0 Å². The molecule has 0 bridgehead atoms. The highest BCUT2D eigenvalue weighted by Crippen LogP contribution is 2.18. The van der Waals surface area contributed by atoms with Crippen molar-refractivity contribution in [2.24, 2.45) is 10.9 Å². The van der Waals surface area contributed by atoms with E-state index in [2.05, 4.69) is 58.4 Å². The number of rotatable bonds is 9. The van der Waals surface area contributed by atoms with Gasteiger partial charge in [0.15, 0.2) is 5.96 Å². The summed E-state index contributed by atoms with van der Waals surface area (Å²) in [6, 6.07) is 4.24. The molecule has 1 aliphatic heterocycles. The van der Waals surface area contributed by atoms with Crippen LogP contribution in [0.25, 0.3) is 0 Å². The Labute approximate surface area is 158 Å². The Bertz CT molecular complexity index is 555. The van der Waals surface area contributed by atoms with Crippen LogP contribution in [0.2, 0.25) is 0 Å². The van der Waals surface area contributed by atoms with E-state index in [0.29, 0.717) is 5.92 Å². The molecule has 6 nitrogen and oxygen atoms in total. The summed E-state index contributed by atoms with van der Waals surface area (Å²) in [5.74, 6) is 2.43. The molecule has 26 heavy (non-hydrogen) atoms. The zero-order chi connectivity index (χ0) is 18.8. The fourth-order valence-corrected chi connectivity index (χ4v) is 3.25. The number of nitrogens with zero attached hydrogens (tertiary/aromatic N) is 3. The van der Waals surface area contributed by atoms with Crippen LogP contribution in [0.5, 0.6) is 0 Å². The monoisotopic (exact) mass is 361 g/mol. The molecule has 2 N–H and O–H groups in total. The van der Waals surface area contributed by atoms with Crippen LogP contribution in [0.3, 0.4) is 0 Å². The number of pyridine rings is 1. The van der Waals surface area contributed by atoms with Gasteiger partial charge in [-0.2, -0.15) is 0 Å². The van der Waals surface area contributed by atoms with Crippen LogP contribution in [0.4, 0.5) is 5.82 Å². The summed E-state index contributed by atoms with van der Waals surface area (Å²) >= 11 is 0. The Balaban J connectivity index is 1.78. The number of hydrogen-bond donors (Lipinski definition) is 2.